The number of nitrogens with one attached hydrogen (secondary N) is 2. The lowest BCUT2D eigenvalue weighted by molar-refractivity contribution is 0.467. The quantitative estimate of drug-likeness (QED) is 0.592. The standard InChI is InChI=1S/C10H13ClN2O4S4/c1-20(15,16)10-8(14)7(5-19-10)13-21(2,17)12-6-3-4-18-9(6)11/h3-5,14,21H,1-2H3,(H2,12,13,17). The van der Waals surface area contributed by atoms with Crippen LogP contribution in [-0.4, -0.2) is 30.2 Å². The van der Waals surface area contributed by atoms with Gasteiger partial charge in [-0.05, 0) is 11.4 Å². The summed E-state index contributed by atoms with van der Waals surface area (Å²) in [4.78, 5) is 0. The average molecular weight is 389 g/mol. The number of hydrogen-bond donors (Lipinski definition) is 4. The summed E-state index contributed by atoms with van der Waals surface area (Å²) >= 11 is 8.08. The van der Waals surface area contributed by atoms with Crippen LogP contribution in [-0.2, 0) is 20.1 Å². The first-order chi connectivity index (χ1) is 9.60. The number of aromatic hydroxyl groups is 1. The van der Waals surface area contributed by atoms with E-state index >= 15 is 0 Å². The Morgan fingerprint density at radius 1 is 1.29 bits per heavy atom. The fourth-order valence-electron chi connectivity index (χ4n) is 1.54. The predicted octanol–water partition coefficient (Wildman–Crippen LogP) is 2.57. The van der Waals surface area contributed by atoms with Crippen LogP contribution in [0.15, 0.2) is 21.0 Å². The van der Waals surface area contributed by atoms with E-state index in [1.165, 1.54) is 23.0 Å². The summed E-state index contributed by atoms with van der Waals surface area (Å²) in [5, 5.41) is 13.1. The monoisotopic (exact) mass is 388 g/mol. The van der Waals surface area contributed by atoms with Crippen LogP contribution in [0.4, 0.5) is 11.4 Å². The van der Waals surface area contributed by atoms with Gasteiger partial charge in [0.05, 0.1) is 5.69 Å². The highest BCUT2D eigenvalue weighted by atomic mass is 35.5. The zero-order valence-corrected chi connectivity index (χ0v) is 15.1. The molecule has 2 heterocycles. The van der Waals surface area contributed by atoms with E-state index in [4.69, 9.17) is 11.6 Å². The normalized spacial score (nSPS) is 13.1. The van der Waals surface area contributed by atoms with Crippen molar-refractivity contribution >= 4 is 65.8 Å². The summed E-state index contributed by atoms with van der Waals surface area (Å²) in [6, 6.07) is 1.68. The van der Waals surface area contributed by atoms with Crippen molar-refractivity contribution in [3.63, 3.8) is 0 Å². The second-order valence-electron chi connectivity index (χ2n) is 4.31. The molecule has 0 aliphatic carbocycles. The highest BCUT2D eigenvalue weighted by molar-refractivity contribution is 8.04. The molecule has 6 nitrogen and oxygen atoms in total. The Balaban J connectivity index is 2.24. The van der Waals surface area contributed by atoms with Crippen molar-refractivity contribution in [1.82, 2.24) is 0 Å². The van der Waals surface area contributed by atoms with Gasteiger partial charge in [-0.25, -0.2) is 12.6 Å². The minimum atomic E-state index is -3.53. The molecule has 0 fully saturated rings. The van der Waals surface area contributed by atoms with Crippen LogP contribution in [0.5, 0.6) is 5.75 Å². The molecule has 0 aromatic carbocycles. The first kappa shape index (κ1) is 16.6. The van der Waals surface area contributed by atoms with Gasteiger partial charge in [0.15, 0.2) is 19.8 Å². The molecule has 0 aliphatic rings. The minimum absolute atomic E-state index is 0.102. The van der Waals surface area contributed by atoms with Gasteiger partial charge in [0.1, 0.15) is 10.0 Å². The van der Waals surface area contributed by atoms with Crippen molar-refractivity contribution in [2.75, 3.05) is 22.0 Å². The van der Waals surface area contributed by atoms with Crippen LogP contribution in [0, 0.1) is 0 Å². The molecule has 0 saturated carbocycles. The summed E-state index contributed by atoms with van der Waals surface area (Å²) in [6.45, 7) is 0. The molecule has 0 aliphatic heterocycles. The molecule has 11 heteroatoms. The van der Waals surface area contributed by atoms with E-state index in [1.54, 1.807) is 11.4 Å². The fraction of sp³-hybridized carbons (Fsp3) is 0.200. The summed E-state index contributed by atoms with van der Waals surface area (Å²) in [7, 11) is -6.65. The highest BCUT2D eigenvalue weighted by Crippen LogP contribution is 2.38. The molecule has 3 N–H and O–H groups in total. The maximum absolute atomic E-state index is 12.5. The van der Waals surface area contributed by atoms with E-state index < -0.39 is 25.9 Å². The minimum Gasteiger partial charge on any atom is -0.504 e. The Hall–Kier alpha value is -0.810. The molecule has 2 rings (SSSR count). The molecule has 2 aromatic heterocycles. The molecular formula is C10H13ClN2O4S4. The first-order valence-corrected chi connectivity index (χ1v) is 11.7. The van der Waals surface area contributed by atoms with Gasteiger partial charge >= 0.3 is 0 Å². The maximum atomic E-state index is 12.5. The van der Waals surface area contributed by atoms with Gasteiger partial charge in [-0.15, -0.1) is 22.7 Å². The van der Waals surface area contributed by atoms with Crippen molar-refractivity contribution in [2.24, 2.45) is 0 Å². The average Bonchev–Trinajstić information content (AvgIpc) is 2.86. The molecule has 0 bridgehead atoms. The molecule has 21 heavy (non-hydrogen) atoms. The summed E-state index contributed by atoms with van der Waals surface area (Å²) in [5.74, 6) is -0.428. The second-order valence-corrected chi connectivity index (χ2v) is 11.2. The number of anilines is 2. The molecule has 0 amide bonds. The molecule has 2 aromatic rings. The maximum Gasteiger partial charge on any atom is 0.188 e. The Bertz CT molecular complexity index is 811. The third kappa shape index (κ3) is 3.89. The smallest absolute Gasteiger partial charge is 0.188 e. The number of hydrogen-bond acceptors (Lipinski definition) is 6. The number of thiophene rings is 2. The summed E-state index contributed by atoms with van der Waals surface area (Å²) < 4.78 is 41.1. The van der Waals surface area contributed by atoms with Gasteiger partial charge in [-0.1, -0.05) is 11.6 Å². The van der Waals surface area contributed by atoms with E-state index in [-0.39, 0.29) is 9.90 Å². The zero-order valence-electron chi connectivity index (χ0n) is 11.0. The van der Waals surface area contributed by atoms with E-state index in [9.17, 15) is 17.7 Å². The molecule has 0 atom stereocenters. The van der Waals surface area contributed by atoms with Crippen molar-refractivity contribution < 1.29 is 17.7 Å². The van der Waals surface area contributed by atoms with Gasteiger partial charge in [-0.3, -0.25) is 0 Å². The number of halogens is 1. The van der Waals surface area contributed by atoms with Crippen LogP contribution in [0.3, 0.4) is 0 Å². The SMILES string of the molecule is CS(=O)(=O)c1scc(N[SH](C)(=O)Nc2ccsc2Cl)c1O. The van der Waals surface area contributed by atoms with Crippen molar-refractivity contribution in [2.45, 2.75) is 4.21 Å². The number of rotatable bonds is 5. The van der Waals surface area contributed by atoms with Gasteiger partial charge in [0.25, 0.3) is 0 Å². The van der Waals surface area contributed by atoms with Crippen LogP contribution in [0.1, 0.15) is 0 Å². The fourth-order valence-corrected chi connectivity index (χ4v) is 5.85. The Kier molecular flexibility index (Phi) is 4.54. The Morgan fingerprint density at radius 2 is 1.90 bits per heavy atom. The second kappa shape index (κ2) is 5.76. The Labute approximate surface area is 136 Å². The van der Waals surface area contributed by atoms with Crippen LogP contribution < -0.4 is 9.44 Å². The predicted molar refractivity (Wildman–Crippen MR) is 91.1 cm³/mol. The lowest BCUT2D eigenvalue weighted by Gasteiger charge is -2.23. The number of sulfone groups is 1. The lowest BCUT2D eigenvalue weighted by Crippen LogP contribution is -2.28. The van der Waals surface area contributed by atoms with Crippen LogP contribution in [0.2, 0.25) is 4.34 Å². The van der Waals surface area contributed by atoms with Crippen molar-refractivity contribution in [1.29, 1.82) is 0 Å². The highest BCUT2D eigenvalue weighted by Gasteiger charge is 2.21. The molecule has 0 spiro atoms. The van der Waals surface area contributed by atoms with Gasteiger partial charge in [-0.2, -0.15) is 0 Å². The molecule has 118 valence electrons. The van der Waals surface area contributed by atoms with E-state index in [2.05, 4.69) is 9.44 Å². The van der Waals surface area contributed by atoms with E-state index in [0.717, 1.165) is 17.6 Å². The van der Waals surface area contributed by atoms with Gasteiger partial charge in [0, 0.05) is 28.2 Å². The van der Waals surface area contributed by atoms with Crippen LogP contribution >= 0.6 is 34.3 Å². The van der Waals surface area contributed by atoms with Crippen molar-refractivity contribution in [3.05, 3.63) is 21.2 Å². The summed E-state index contributed by atoms with van der Waals surface area (Å²) in [6.07, 6.45) is 2.41. The topological polar surface area (TPSA) is 95.5 Å². The Morgan fingerprint density at radius 3 is 2.38 bits per heavy atom. The van der Waals surface area contributed by atoms with Gasteiger partial charge in [0.2, 0.25) is 0 Å². The van der Waals surface area contributed by atoms with E-state index in [1.807, 2.05) is 0 Å². The molecule has 0 saturated heterocycles. The van der Waals surface area contributed by atoms with E-state index in [0.29, 0.717) is 10.0 Å². The molecule has 0 radical (unpaired) electrons. The van der Waals surface area contributed by atoms with Crippen LogP contribution in [0.25, 0.3) is 0 Å². The third-order valence-corrected chi connectivity index (χ3v) is 7.68. The summed E-state index contributed by atoms with van der Waals surface area (Å²) in [5.41, 5.74) is 0.614. The van der Waals surface area contributed by atoms with Crippen molar-refractivity contribution in [3.8, 4) is 5.75 Å². The molecule has 0 unspecified atom stereocenters. The largest absolute Gasteiger partial charge is 0.504 e. The number of thiol groups is 1. The third-order valence-electron chi connectivity index (χ3n) is 2.35. The first-order valence-electron chi connectivity index (χ1n) is 5.48. The van der Waals surface area contributed by atoms with Gasteiger partial charge < -0.3 is 14.6 Å². The molecular weight excluding hydrogens is 376 g/mol. The zero-order chi connectivity index (χ0) is 15.8. The lowest BCUT2D eigenvalue weighted by atomic mass is 10.5.